The molecule has 1 heterocycles. The number of hydrogen-bond donors (Lipinski definition) is 2. The highest BCUT2D eigenvalue weighted by Gasteiger charge is 2.38. The van der Waals surface area contributed by atoms with E-state index in [4.69, 9.17) is 4.74 Å². The fraction of sp³-hybridized carbons (Fsp3) is 0.522. The van der Waals surface area contributed by atoms with E-state index in [0.717, 1.165) is 18.6 Å². The molecule has 1 aromatic carbocycles. The number of hydrogen-bond acceptors (Lipinski definition) is 3. The topological polar surface area (TPSA) is 50.4 Å². The van der Waals surface area contributed by atoms with Gasteiger partial charge < -0.3 is 15.4 Å². The lowest BCUT2D eigenvalue weighted by Gasteiger charge is -2.46. The Bertz CT molecular complexity index is 684. The Balaban J connectivity index is 1.91. The first-order valence-corrected chi connectivity index (χ1v) is 9.73. The molecular weight excluding hydrogens is 336 g/mol. The molecule has 4 nitrogen and oxygen atoms in total. The number of carbonyl (C=O) groups is 1. The Hall–Kier alpha value is -2.07. The van der Waals surface area contributed by atoms with Crippen LogP contribution in [0.2, 0.25) is 0 Å². The van der Waals surface area contributed by atoms with Crippen molar-refractivity contribution in [2.24, 2.45) is 0 Å². The van der Waals surface area contributed by atoms with E-state index in [0.29, 0.717) is 12.2 Å². The molecule has 148 valence electrons. The molecule has 2 N–H and O–H groups in total. The number of amides is 1. The molecule has 0 atom stereocenters. The summed E-state index contributed by atoms with van der Waals surface area (Å²) in [5.41, 5.74) is 1.89. The van der Waals surface area contributed by atoms with Crippen LogP contribution in [-0.4, -0.2) is 29.6 Å². The Labute approximate surface area is 164 Å². The second kappa shape index (κ2) is 8.75. The number of nitrogens with one attached hydrogen (secondary N) is 2. The molecule has 0 radical (unpaired) electrons. The molecular formula is C23H34N2O2. The van der Waals surface area contributed by atoms with Crippen LogP contribution in [0.1, 0.15) is 64.7 Å². The smallest absolute Gasteiger partial charge is 0.251 e. The predicted octanol–water partition coefficient (Wildman–Crippen LogP) is 4.63. The van der Waals surface area contributed by atoms with E-state index >= 15 is 0 Å². The largest absolute Gasteiger partial charge is 0.490 e. The molecule has 1 amide bonds. The van der Waals surface area contributed by atoms with Crippen molar-refractivity contribution in [3.05, 3.63) is 53.6 Å². The lowest BCUT2D eigenvalue weighted by atomic mass is 9.79. The second-order valence-electron chi connectivity index (χ2n) is 8.74. The van der Waals surface area contributed by atoms with E-state index in [9.17, 15) is 4.79 Å². The normalized spacial score (nSPS) is 19.9. The van der Waals surface area contributed by atoms with Crippen LogP contribution >= 0.6 is 0 Å². The van der Waals surface area contributed by atoms with Gasteiger partial charge >= 0.3 is 0 Å². The molecule has 0 aromatic heterocycles. The number of benzene rings is 1. The monoisotopic (exact) mass is 370 g/mol. The van der Waals surface area contributed by atoms with Crippen molar-refractivity contribution >= 4 is 5.91 Å². The zero-order valence-corrected chi connectivity index (χ0v) is 17.6. The summed E-state index contributed by atoms with van der Waals surface area (Å²) in [4.78, 5) is 12.6. The zero-order chi connectivity index (χ0) is 20.1. The van der Waals surface area contributed by atoms with Crippen LogP contribution in [0.4, 0.5) is 0 Å². The van der Waals surface area contributed by atoms with Crippen molar-refractivity contribution in [3.63, 3.8) is 0 Å². The van der Waals surface area contributed by atoms with Gasteiger partial charge in [-0.1, -0.05) is 17.7 Å². The molecule has 4 heteroatoms. The predicted molar refractivity (Wildman–Crippen MR) is 112 cm³/mol. The average Bonchev–Trinajstić information content (AvgIpc) is 2.56. The van der Waals surface area contributed by atoms with Crippen molar-refractivity contribution in [2.75, 3.05) is 6.61 Å². The molecule has 0 aliphatic carbocycles. The highest BCUT2D eigenvalue weighted by Crippen LogP contribution is 2.28. The van der Waals surface area contributed by atoms with Gasteiger partial charge in [-0.3, -0.25) is 4.79 Å². The standard InChI is InChI=1S/C23H34N2O2/c1-7-17(2)9-8-14-27-20-12-10-18(11-13-20)21(26)24-19-15-22(3,4)25-23(5,6)16-19/h7-13,19,25H,14-16H2,1-6H3,(H,24,26). The maximum absolute atomic E-state index is 12.6. The highest BCUT2D eigenvalue weighted by molar-refractivity contribution is 5.94. The van der Waals surface area contributed by atoms with Crippen molar-refractivity contribution in [2.45, 2.75) is 71.5 Å². The van der Waals surface area contributed by atoms with Crippen LogP contribution in [0.3, 0.4) is 0 Å². The van der Waals surface area contributed by atoms with Gasteiger partial charge in [-0.25, -0.2) is 0 Å². The van der Waals surface area contributed by atoms with Gasteiger partial charge in [0.25, 0.3) is 5.91 Å². The van der Waals surface area contributed by atoms with Gasteiger partial charge in [0.2, 0.25) is 0 Å². The summed E-state index contributed by atoms with van der Waals surface area (Å²) in [7, 11) is 0. The van der Waals surface area contributed by atoms with Crippen LogP contribution in [0.25, 0.3) is 0 Å². The molecule has 1 fully saturated rings. The fourth-order valence-corrected chi connectivity index (χ4v) is 3.87. The third-order valence-corrected chi connectivity index (χ3v) is 4.82. The van der Waals surface area contributed by atoms with Gasteiger partial charge in [-0.15, -0.1) is 0 Å². The Morgan fingerprint density at radius 1 is 1.19 bits per heavy atom. The van der Waals surface area contributed by atoms with Crippen LogP contribution in [0.5, 0.6) is 5.75 Å². The summed E-state index contributed by atoms with van der Waals surface area (Å²) in [6, 6.07) is 7.51. The highest BCUT2D eigenvalue weighted by atomic mass is 16.5. The van der Waals surface area contributed by atoms with Gasteiger partial charge in [0, 0.05) is 22.7 Å². The number of piperidine rings is 1. The van der Waals surface area contributed by atoms with E-state index in [2.05, 4.69) is 51.3 Å². The summed E-state index contributed by atoms with van der Waals surface area (Å²) in [6.07, 6.45) is 7.90. The van der Waals surface area contributed by atoms with Crippen LogP contribution in [0.15, 0.2) is 48.1 Å². The van der Waals surface area contributed by atoms with E-state index in [-0.39, 0.29) is 23.0 Å². The minimum Gasteiger partial charge on any atom is -0.490 e. The van der Waals surface area contributed by atoms with Gasteiger partial charge in [-0.05, 0) is 84.7 Å². The first kappa shape index (κ1) is 21.2. The van der Waals surface area contributed by atoms with Crippen molar-refractivity contribution in [1.82, 2.24) is 10.6 Å². The molecule has 1 saturated heterocycles. The number of allylic oxidation sites excluding steroid dienone is 3. The Morgan fingerprint density at radius 3 is 2.33 bits per heavy atom. The lowest BCUT2D eigenvalue weighted by molar-refractivity contribution is 0.0873. The second-order valence-corrected chi connectivity index (χ2v) is 8.74. The fourth-order valence-electron chi connectivity index (χ4n) is 3.87. The molecule has 0 spiro atoms. The molecule has 0 bridgehead atoms. The molecule has 1 aliphatic heterocycles. The Kier molecular flexibility index (Phi) is 6.88. The molecule has 1 aromatic rings. The van der Waals surface area contributed by atoms with Gasteiger partial charge in [-0.2, -0.15) is 0 Å². The summed E-state index contributed by atoms with van der Waals surface area (Å²) in [5.74, 6) is 0.738. The van der Waals surface area contributed by atoms with Crippen molar-refractivity contribution in [3.8, 4) is 5.75 Å². The van der Waals surface area contributed by atoms with Crippen LogP contribution in [-0.2, 0) is 0 Å². The van der Waals surface area contributed by atoms with E-state index in [1.807, 2.05) is 43.3 Å². The van der Waals surface area contributed by atoms with E-state index < -0.39 is 0 Å². The number of rotatable bonds is 6. The van der Waals surface area contributed by atoms with E-state index in [1.165, 1.54) is 5.57 Å². The molecule has 0 unspecified atom stereocenters. The van der Waals surface area contributed by atoms with Crippen molar-refractivity contribution in [1.29, 1.82) is 0 Å². The lowest BCUT2D eigenvalue weighted by Crippen LogP contribution is -2.62. The first-order chi connectivity index (χ1) is 12.6. The summed E-state index contributed by atoms with van der Waals surface area (Å²) in [5, 5.41) is 6.84. The Morgan fingerprint density at radius 2 is 1.78 bits per heavy atom. The van der Waals surface area contributed by atoms with Crippen molar-refractivity contribution < 1.29 is 9.53 Å². The molecule has 0 saturated carbocycles. The maximum atomic E-state index is 12.6. The summed E-state index contributed by atoms with van der Waals surface area (Å²) >= 11 is 0. The summed E-state index contributed by atoms with van der Waals surface area (Å²) in [6.45, 7) is 13.3. The maximum Gasteiger partial charge on any atom is 0.251 e. The summed E-state index contributed by atoms with van der Waals surface area (Å²) < 4.78 is 5.69. The minimum atomic E-state index is -0.0244. The van der Waals surface area contributed by atoms with E-state index in [1.54, 1.807) is 0 Å². The van der Waals surface area contributed by atoms with Crippen LogP contribution in [0, 0.1) is 0 Å². The SMILES string of the molecule is CC=C(C)C=CCOc1ccc(C(=O)NC2CC(C)(C)NC(C)(C)C2)cc1. The third kappa shape index (κ3) is 6.87. The molecule has 1 aliphatic rings. The first-order valence-electron chi connectivity index (χ1n) is 9.73. The number of ether oxygens (including phenoxy) is 1. The zero-order valence-electron chi connectivity index (χ0n) is 17.6. The molecule has 27 heavy (non-hydrogen) atoms. The van der Waals surface area contributed by atoms with Crippen LogP contribution < -0.4 is 15.4 Å². The average molecular weight is 371 g/mol. The minimum absolute atomic E-state index is 0.0101. The van der Waals surface area contributed by atoms with Gasteiger partial charge in [0.1, 0.15) is 12.4 Å². The third-order valence-electron chi connectivity index (χ3n) is 4.82. The van der Waals surface area contributed by atoms with Gasteiger partial charge in [0.15, 0.2) is 0 Å². The van der Waals surface area contributed by atoms with Gasteiger partial charge in [0.05, 0.1) is 0 Å². The quantitative estimate of drug-likeness (QED) is 0.718. The number of carbonyl (C=O) groups excluding carboxylic acids is 1. The molecule has 2 rings (SSSR count).